The zero-order chi connectivity index (χ0) is 9.84. The van der Waals surface area contributed by atoms with E-state index in [1.807, 2.05) is 18.9 Å². The molecule has 70 valence electrons. The van der Waals surface area contributed by atoms with E-state index in [1.165, 1.54) is 0 Å². The van der Waals surface area contributed by atoms with Crippen LogP contribution in [-0.2, 0) is 0 Å². The highest BCUT2D eigenvalue weighted by molar-refractivity contribution is 5.98. The van der Waals surface area contributed by atoms with Crippen molar-refractivity contribution in [2.75, 3.05) is 18.5 Å². The molecule has 3 nitrogen and oxygen atoms in total. The number of aromatic nitrogens is 1. The lowest BCUT2D eigenvalue weighted by molar-refractivity contribution is 0.101. The monoisotopic (exact) mass is 178 g/mol. The smallest absolute Gasteiger partial charge is 0.163 e. The molecule has 0 aromatic carbocycles. The normalized spacial score (nSPS) is 9.77. The largest absolute Gasteiger partial charge is 0.359 e. The Morgan fingerprint density at radius 1 is 1.62 bits per heavy atom. The van der Waals surface area contributed by atoms with E-state index in [4.69, 9.17) is 0 Å². The molecule has 0 aliphatic heterocycles. The van der Waals surface area contributed by atoms with Crippen LogP contribution in [0.25, 0.3) is 0 Å². The van der Waals surface area contributed by atoms with Gasteiger partial charge in [0.2, 0.25) is 0 Å². The number of anilines is 1. The Labute approximate surface area is 78.4 Å². The number of nitrogens with zero attached hydrogens (tertiary/aromatic N) is 2. The molecule has 1 heterocycles. The van der Waals surface area contributed by atoms with Crippen LogP contribution >= 0.6 is 0 Å². The molecule has 13 heavy (non-hydrogen) atoms. The Morgan fingerprint density at radius 2 is 2.31 bits per heavy atom. The standard InChI is InChI=1S/C10H14N2O/c1-4-12(3)10-9(8(2)13)6-5-7-11-10/h5-7H,4H2,1-3H3. The molecule has 0 atom stereocenters. The van der Waals surface area contributed by atoms with E-state index in [1.54, 1.807) is 25.3 Å². The average molecular weight is 178 g/mol. The molecular formula is C10H14N2O. The Kier molecular flexibility index (Phi) is 3.01. The number of ketones is 1. The minimum atomic E-state index is 0.0587. The lowest BCUT2D eigenvalue weighted by atomic mass is 10.2. The lowest BCUT2D eigenvalue weighted by Gasteiger charge is -2.17. The van der Waals surface area contributed by atoms with Crippen LogP contribution in [0.4, 0.5) is 5.82 Å². The van der Waals surface area contributed by atoms with Gasteiger partial charge in [0, 0.05) is 19.8 Å². The average Bonchev–Trinajstić information content (AvgIpc) is 2.16. The third-order valence-electron chi connectivity index (χ3n) is 2.00. The summed E-state index contributed by atoms with van der Waals surface area (Å²) in [4.78, 5) is 17.4. The summed E-state index contributed by atoms with van der Waals surface area (Å²) in [5, 5.41) is 0. The van der Waals surface area contributed by atoms with Crippen LogP contribution in [0.1, 0.15) is 24.2 Å². The number of hydrogen-bond acceptors (Lipinski definition) is 3. The molecule has 0 saturated carbocycles. The van der Waals surface area contributed by atoms with Gasteiger partial charge >= 0.3 is 0 Å². The summed E-state index contributed by atoms with van der Waals surface area (Å²) in [5.41, 5.74) is 0.687. The van der Waals surface area contributed by atoms with Crippen LogP contribution < -0.4 is 4.90 Å². The van der Waals surface area contributed by atoms with Crippen LogP contribution in [0.3, 0.4) is 0 Å². The van der Waals surface area contributed by atoms with Gasteiger partial charge in [0.25, 0.3) is 0 Å². The Balaban J connectivity index is 3.11. The molecule has 0 fully saturated rings. The molecule has 0 amide bonds. The molecule has 0 saturated heterocycles. The van der Waals surface area contributed by atoms with Crippen molar-refractivity contribution in [3.05, 3.63) is 23.9 Å². The second kappa shape index (κ2) is 4.03. The number of hydrogen-bond donors (Lipinski definition) is 0. The molecule has 1 rings (SSSR count). The fourth-order valence-corrected chi connectivity index (χ4v) is 1.13. The number of carbonyl (C=O) groups excluding carboxylic acids is 1. The van der Waals surface area contributed by atoms with Gasteiger partial charge in [-0.1, -0.05) is 0 Å². The zero-order valence-electron chi connectivity index (χ0n) is 8.24. The van der Waals surface area contributed by atoms with Gasteiger partial charge in [-0.05, 0) is 26.0 Å². The molecular weight excluding hydrogens is 164 g/mol. The van der Waals surface area contributed by atoms with Crippen LogP contribution in [0.2, 0.25) is 0 Å². The third kappa shape index (κ3) is 2.05. The molecule has 0 bridgehead atoms. The predicted molar refractivity (Wildman–Crippen MR) is 53.2 cm³/mol. The van der Waals surface area contributed by atoms with Crippen molar-refractivity contribution >= 4 is 11.6 Å². The second-order valence-electron chi connectivity index (χ2n) is 2.94. The van der Waals surface area contributed by atoms with Gasteiger partial charge in [-0.15, -0.1) is 0 Å². The summed E-state index contributed by atoms with van der Waals surface area (Å²) in [6, 6.07) is 3.58. The van der Waals surface area contributed by atoms with Gasteiger partial charge in [-0.3, -0.25) is 4.79 Å². The first-order valence-corrected chi connectivity index (χ1v) is 4.34. The van der Waals surface area contributed by atoms with Gasteiger partial charge in [0.05, 0.1) is 5.56 Å². The predicted octanol–water partition coefficient (Wildman–Crippen LogP) is 1.74. The SMILES string of the molecule is CCN(C)c1ncccc1C(C)=O. The van der Waals surface area contributed by atoms with E-state index in [0.717, 1.165) is 12.4 Å². The molecule has 1 aromatic rings. The zero-order valence-corrected chi connectivity index (χ0v) is 8.24. The first-order valence-electron chi connectivity index (χ1n) is 4.34. The maximum absolute atomic E-state index is 11.2. The summed E-state index contributed by atoms with van der Waals surface area (Å²) in [5.74, 6) is 0.820. The summed E-state index contributed by atoms with van der Waals surface area (Å²) in [7, 11) is 1.93. The summed E-state index contributed by atoms with van der Waals surface area (Å²) in [6.07, 6.45) is 1.70. The topological polar surface area (TPSA) is 33.2 Å². The van der Waals surface area contributed by atoms with Gasteiger partial charge < -0.3 is 4.90 Å². The second-order valence-corrected chi connectivity index (χ2v) is 2.94. The number of Topliss-reactive ketones (excluding diaryl/α,β-unsaturated/α-hetero) is 1. The third-order valence-corrected chi connectivity index (χ3v) is 2.00. The van der Waals surface area contributed by atoms with Crippen LogP contribution in [0, 0.1) is 0 Å². The first kappa shape index (κ1) is 9.71. The molecule has 0 N–H and O–H groups in total. The molecule has 0 radical (unpaired) electrons. The maximum Gasteiger partial charge on any atom is 0.163 e. The van der Waals surface area contributed by atoms with E-state index in [0.29, 0.717) is 5.56 Å². The van der Waals surface area contributed by atoms with E-state index in [-0.39, 0.29) is 5.78 Å². The summed E-state index contributed by atoms with van der Waals surface area (Å²) < 4.78 is 0. The van der Waals surface area contributed by atoms with Gasteiger partial charge in [0.15, 0.2) is 5.78 Å². The molecule has 0 aliphatic carbocycles. The van der Waals surface area contributed by atoms with Crippen molar-refractivity contribution in [3.63, 3.8) is 0 Å². The highest BCUT2D eigenvalue weighted by Gasteiger charge is 2.09. The van der Waals surface area contributed by atoms with Crippen molar-refractivity contribution < 1.29 is 4.79 Å². The highest BCUT2D eigenvalue weighted by atomic mass is 16.1. The molecule has 3 heteroatoms. The number of pyridine rings is 1. The van der Waals surface area contributed by atoms with Crippen LogP contribution in [0.15, 0.2) is 18.3 Å². The summed E-state index contributed by atoms with van der Waals surface area (Å²) in [6.45, 7) is 4.43. The Hall–Kier alpha value is -1.38. The molecule has 0 spiro atoms. The minimum absolute atomic E-state index is 0.0587. The maximum atomic E-state index is 11.2. The Bertz CT molecular complexity index is 310. The van der Waals surface area contributed by atoms with Crippen molar-refractivity contribution in [3.8, 4) is 0 Å². The van der Waals surface area contributed by atoms with Gasteiger partial charge in [-0.25, -0.2) is 4.98 Å². The van der Waals surface area contributed by atoms with E-state index in [9.17, 15) is 4.79 Å². The quantitative estimate of drug-likeness (QED) is 0.661. The van der Waals surface area contributed by atoms with E-state index in [2.05, 4.69) is 4.98 Å². The van der Waals surface area contributed by atoms with Gasteiger partial charge in [-0.2, -0.15) is 0 Å². The van der Waals surface area contributed by atoms with Crippen LogP contribution in [0.5, 0.6) is 0 Å². The number of rotatable bonds is 3. The highest BCUT2D eigenvalue weighted by Crippen LogP contribution is 2.15. The number of carbonyl (C=O) groups is 1. The van der Waals surface area contributed by atoms with Gasteiger partial charge in [0.1, 0.15) is 5.82 Å². The van der Waals surface area contributed by atoms with Crippen molar-refractivity contribution in [1.82, 2.24) is 4.98 Å². The van der Waals surface area contributed by atoms with E-state index >= 15 is 0 Å². The Morgan fingerprint density at radius 3 is 2.85 bits per heavy atom. The van der Waals surface area contributed by atoms with Crippen molar-refractivity contribution in [2.45, 2.75) is 13.8 Å². The lowest BCUT2D eigenvalue weighted by Crippen LogP contribution is -2.19. The fourth-order valence-electron chi connectivity index (χ4n) is 1.13. The molecule has 0 unspecified atom stereocenters. The molecule has 1 aromatic heterocycles. The molecule has 0 aliphatic rings. The van der Waals surface area contributed by atoms with Crippen LogP contribution in [-0.4, -0.2) is 24.4 Å². The van der Waals surface area contributed by atoms with Crippen molar-refractivity contribution in [1.29, 1.82) is 0 Å². The minimum Gasteiger partial charge on any atom is -0.359 e. The van der Waals surface area contributed by atoms with E-state index < -0.39 is 0 Å². The fraction of sp³-hybridized carbons (Fsp3) is 0.400. The first-order chi connectivity index (χ1) is 6.16. The van der Waals surface area contributed by atoms with Crippen molar-refractivity contribution in [2.24, 2.45) is 0 Å². The summed E-state index contributed by atoms with van der Waals surface area (Å²) >= 11 is 0.